The highest BCUT2D eigenvalue weighted by Crippen LogP contribution is 2.23. The van der Waals surface area contributed by atoms with Crippen LogP contribution in [0.1, 0.15) is 15.9 Å². The number of para-hydroxylation sites is 1. The molecule has 0 spiro atoms. The zero-order valence-corrected chi connectivity index (χ0v) is 15.3. The van der Waals surface area contributed by atoms with Crippen molar-refractivity contribution in [1.82, 2.24) is 5.43 Å². The van der Waals surface area contributed by atoms with Gasteiger partial charge in [-0.05, 0) is 29.8 Å². The van der Waals surface area contributed by atoms with Gasteiger partial charge in [0.15, 0.2) is 0 Å². The van der Waals surface area contributed by atoms with Crippen molar-refractivity contribution < 1.29 is 19.4 Å². The monoisotopic (exact) mass is 406 g/mol. The minimum absolute atomic E-state index is 0.255. The fourth-order valence-corrected chi connectivity index (χ4v) is 2.45. The summed E-state index contributed by atoms with van der Waals surface area (Å²) in [6.45, 7) is 0. The Morgan fingerprint density at radius 1 is 0.867 bits per heavy atom. The average molecular weight is 406 g/mol. The van der Waals surface area contributed by atoms with Crippen LogP contribution in [0.5, 0.6) is 11.5 Å². The molecule has 10 nitrogen and oxygen atoms in total. The molecule has 0 aliphatic rings. The quantitative estimate of drug-likeness (QED) is 0.357. The molecule has 0 saturated heterocycles. The number of non-ortho nitro benzene ring substituents is 2. The molecule has 0 aliphatic heterocycles. The van der Waals surface area contributed by atoms with Crippen molar-refractivity contribution in [3.8, 4) is 11.5 Å². The van der Waals surface area contributed by atoms with Crippen LogP contribution in [0.4, 0.5) is 11.4 Å². The Morgan fingerprint density at radius 2 is 1.50 bits per heavy atom. The Hall–Kier alpha value is -4.60. The van der Waals surface area contributed by atoms with Crippen molar-refractivity contribution in [3.05, 3.63) is 104 Å². The lowest BCUT2D eigenvalue weighted by molar-refractivity contribution is -0.394. The Bertz CT molecular complexity index is 1100. The summed E-state index contributed by atoms with van der Waals surface area (Å²) in [7, 11) is 0. The molecule has 30 heavy (non-hydrogen) atoms. The third-order valence-electron chi connectivity index (χ3n) is 3.80. The predicted molar refractivity (Wildman–Crippen MR) is 108 cm³/mol. The maximum absolute atomic E-state index is 12.2. The summed E-state index contributed by atoms with van der Waals surface area (Å²) >= 11 is 0. The van der Waals surface area contributed by atoms with Gasteiger partial charge < -0.3 is 4.74 Å². The number of nitrogens with one attached hydrogen (secondary N) is 1. The van der Waals surface area contributed by atoms with Gasteiger partial charge in [-0.2, -0.15) is 5.10 Å². The SMILES string of the molecule is O=C(NN=Cc1cccc(Oc2ccccc2)c1)c1cc([N+](=O)[O-])cc([N+](=O)[O-])c1. The van der Waals surface area contributed by atoms with Crippen LogP contribution < -0.4 is 10.2 Å². The van der Waals surface area contributed by atoms with E-state index in [1.54, 1.807) is 36.4 Å². The average Bonchev–Trinajstić information content (AvgIpc) is 2.74. The maximum atomic E-state index is 12.2. The van der Waals surface area contributed by atoms with Crippen molar-refractivity contribution in [2.45, 2.75) is 0 Å². The summed E-state index contributed by atoms with van der Waals surface area (Å²) in [5.41, 5.74) is 1.43. The molecule has 1 N–H and O–H groups in total. The molecular weight excluding hydrogens is 392 g/mol. The second-order valence-corrected chi connectivity index (χ2v) is 5.94. The van der Waals surface area contributed by atoms with E-state index in [4.69, 9.17) is 4.74 Å². The molecule has 0 saturated carbocycles. The van der Waals surface area contributed by atoms with E-state index in [9.17, 15) is 25.0 Å². The highest BCUT2D eigenvalue weighted by atomic mass is 16.6. The molecule has 3 aromatic rings. The van der Waals surface area contributed by atoms with Crippen molar-refractivity contribution in [1.29, 1.82) is 0 Å². The number of carbonyl (C=O) groups is 1. The van der Waals surface area contributed by atoms with Gasteiger partial charge in [0.1, 0.15) is 11.5 Å². The van der Waals surface area contributed by atoms with E-state index in [0.717, 1.165) is 18.2 Å². The predicted octanol–water partition coefficient (Wildman–Crippen LogP) is 4.06. The maximum Gasteiger partial charge on any atom is 0.277 e. The lowest BCUT2D eigenvalue weighted by Crippen LogP contribution is -2.18. The van der Waals surface area contributed by atoms with E-state index >= 15 is 0 Å². The molecule has 0 radical (unpaired) electrons. The van der Waals surface area contributed by atoms with Crippen LogP contribution in [0.3, 0.4) is 0 Å². The van der Waals surface area contributed by atoms with Crippen LogP contribution in [-0.4, -0.2) is 22.0 Å². The van der Waals surface area contributed by atoms with Gasteiger partial charge in [0.2, 0.25) is 0 Å². The van der Waals surface area contributed by atoms with Crippen LogP contribution in [-0.2, 0) is 0 Å². The van der Waals surface area contributed by atoms with Gasteiger partial charge in [0.05, 0.1) is 27.7 Å². The van der Waals surface area contributed by atoms with Crippen molar-refractivity contribution >= 4 is 23.5 Å². The minimum Gasteiger partial charge on any atom is -0.457 e. The number of ether oxygens (including phenoxy) is 1. The Morgan fingerprint density at radius 3 is 2.13 bits per heavy atom. The number of amides is 1. The molecule has 3 rings (SSSR count). The largest absolute Gasteiger partial charge is 0.457 e. The molecule has 0 unspecified atom stereocenters. The fourth-order valence-electron chi connectivity index (χ4n) is 2.45. The van der Waals surface area contributed by atoms with Gasteiger partial charge in [0.25, 0.3) is 17.3 Å². The van der Waals surface area contributed by atoms with Gasteiger partial charge >= 0.3 is 0 Å². The molecule has 0 fully saturated rings. The number of hydrogen-bond donors (Lipinski definition) is 1. The van der Waals surface area contributed by atoms with Gasteiger partial charge in [-0.1, -0.05) is 30.3 Å². The standard InChI is InChI=1S/C20H14N4O6/c25-20(15-10-16(23(26)27)12-17(11-15)24(28)29)22-21-13-14-5-4-8-19(9-14)30-18-6-2-1-3-7-18/h1-13H,(H,22,25). The van der Waals surface area contributed by atoms with Gasteiger partial charge in [-0.25, -0.2) is 5.43 Å². The summed E-state index contributed by atoms with van der Waals surface area (Å²) in [5, 5.41) is 25.6. The first-order valence-electron chi connectivity index (χ1n) is 8.52. The first kappa shape index (κ1) is 20.1. The lowest BCUT2D eigenvalue weighted by atomic mass is 10.1. The van der Waals surface area contributed by atoms with Crippen LogP contribution in [0.15, 0.2) is 77.9 Å². The zero-order chi connectivity index (χ0) is 21.5. The molecule has 0 aliphatic carbocycles. The summed E-state index contributed by atoms with van der Waals surface area (Å²) < 4.78 is 5.71. The van der Waals surface area contributed by atoms with Crippen LogP contribution in [0, 0.1) is 20.2 Å². The fraction of sp³-hybridized carbons (Fsp3) is 0. The van der Waals surface area contributed by atoms with Crippen LogP contribution in [0.25, 0.3) is 0 Å². The number of nitro benzene ring substituents is 2. The smallest absolute Gasteiger partial charge is 0.277 e. The van der Waals surface area contributed by atoms with Crippen molar-refractivity contribution in [3.63, 3.8) is 0 Å². The number of hydrogen-bond acceptors (Lipinski definition) is 7. The molecule has 150 valence electrons. The Labute approximate surface area is 169 Å². The number of nitrogens with zero attached hydrogens (tertiary/aromatic N) is 3. The summed E-state index contributed by atoms with van der Waals surface area (Å²) in [6, 6.07) is 18.7. The molecular formula is C20H14N4O6. The summed E-state index contributed by atoms with van der Waals surface area (Å²) in [6.07, 6.45) is 1.35. The topological polar surface area (TPSA) is 137 Å². The summed E-state index contributed by atoms with van der Waals surface area (Å²) in [5.74, 6) is 0.396. The highest BCUT2D eigenvalue weighted by Gasteiger charge is 2.19. The first-order valence-corrected chi connectivity index (χ1v) is 8.52. The third kappa shape index (κ3) is 5.23. The number of rotatable bonds is 7. The lowest BCUT2D eigenvalue weighted by Gasteiger charge is -2.05. The normalized spacial score (nSPS) is 10.5. The molecule has 3 aromatic carbocycles. The van der Waals surface area contributed by atoms with Gasteiger partial charge in [-0.15, -0.1) is 0 Å². The summed E-state index contributed by atoms with van der Waals surface area (Å²) in [4.78, 5) is 32.4. The van der Waals surface area contributed by atoms with Gasteiger partial charge in [0, 0.05) is 12.1 Å². The Balaban J connectivity index is 1.71. The van der Waals surface area contributed by atoms with Crippen molar-refractivity contribution in [2.24, 2.45) is 5.10 Å². The molecule has 0 atom stereocenters. The van der Waals surface area contributed by atoms with E-state index in [-0.39, 0.29) is 5.56 Å². The van der Waals surface area contributed by atoms with E-state index in [1.165, 1.54) is 6.21 Å². The van der Waals surface area contributed by atoms with E-state index in [1.807, 2.05) is 18.2 Å². The zero-order valence-electron chi connectivity index (χ0n) is 15.3. The first-order chi connectivity index (χ1) is 14.4. The van der Waals surface area contributed by atoms with E-state index in [2.05, 4.69) is 10.5 Å². The number of carbonyl (C=O) groups excluding carboxylic acids is 1. The molecule has 0 aromatic heterocycles. The minimum atomic E-state index is -0.824. The Kier molecular flexibility index (Phi) is 6.08. The highest BCUT2D eigenvalue weighted by molar-refractivity contribution is 5.96. The van der Waals surface area contributed by atoms with Crippen LogP contribution in [0.2, 0.25) is 0 Å². The second kappa shape index (κ2) is 9.06. The van der Waals surface area contributed by atoms with E-state index < -0.39 is 27.1 Å². The molecule has 0 bridgehead atoms. The van der Waals surface area contributed by atoms with Gasteiger partial charge in [-0.3, -0.25) is 25.0 Å². The number of benzene rings is 3. The molecule has 10 heteroatoms. The van der Waals surface area contributed by atoms with Crippen molar-refractivity contribution in [2.75, 3.05) is 0 Å². The second-order valence-electron chi connectivity index (χ2n) is 5.94. The van der Waals surface area contributed by atoms with Crippen LogP contribution >= 0.6 is 0 Å². The number of hydrazone groups is 1. The van der Waals surface area contributed by atoms with E-state index in [0.29, 0.717) is 17.1 Å². The molecule has 1 amide bonds. The third-order valence-corrected chi connectivity index (χ3v) is 3.80. The molecule has 0 heterocycles. The number of nitro groups is 2.